The average Bonchev–Trinajstić information content (AvgIpc) is 2.65. The zero-order valence-corrected chi connectivity index (χ0v) is 8.01. The van der Waals surface area contributed by atoms with Gasteiger partial charge in [0.05, 0.1) is 5.69 Å². The molecule has 72 valence electrons. The molecule has 2 rings (SSSR count). The minimum atomic E-state index is 0.534. The van der Waals surface area contributed by atoms with Crippen LogP contribution in [-0.4, -0.2) is 14.8 Å². The lowest BCUT2D eigenvalue weighted by atomic mass is 10.2. The van der Waals surface area contributed by atoms with Crippen molar-refractivity contribution in [3.63, 3.8) is 0 Å². The summed E-state index contributed by atoms with van der Waals surface area (Å²) in [5.74, 6) is 0.534. The van der Waals surface area contributed by atoms with Gasteiger partial charge in [-0.3, -0.25) is 4.68 Å². The first-order valence-corrected chi connectivity index (χ1v) is 4.55. The summed E-state index contributed by atoms with van der Waals surface area (Å²) in [6.45, 7) is 2.91. The van der Waals surface area contributed by atoms with Gasteiger partial charge in [0.1, 0.15) is 5.82 Å². The number of hydrogen-bond acceptors (Lipinski definition) is 3. The van der Waals surface area contributed by atoms with E-state index in [-0.39, 0.29) is 0 Å². The third-order valence-electron chi connectivity index (χ3n) is 2.09. The molecule has 0 aliphatic carbocycles. The molecule has 0 fully saturated rings. The molecule has 2 N–H and O–H groups in total. The second kappa shape index (κ2) is 3.49. The Morgan fingerprint density at radius 2 is 2.21 bits per heavy atom. The third-order valence-corrected chi connectivity index (χ3v) is 2.09. The molecule has 14 heavy (non-hydrogen) atoms. The molecular weight excluding hydrogens is 176 g/mol. The summed E-state index contributed by atoms with van der Waals surface area (Å²) in [4.78, 5) is 3.95. The van der Waals surface area contributed by atoms with Gasteiger partial charge < -0.3 is 5.73 Å². The van der Waals surface area contributed by atoms with E-state index in [9.17, 15) is 0 Å². The molecular formula is C10H12N4. The number of pyridine rings is 1. The molecule has 2 aromatic rings. The summed E-state index contributed by atoms with van der Waals surface area (Å²) in [5, 5.41) is 4.20. The second-order valence-electron chi connectivity index (χ2n) is 3.00. The highest BCUT2D eigenvalue weighted by Gasteiger charge is 2.03. The first-order chi connectivity index (χ1) is 6.81. The normalized spacial score (nSPS) is 10.4. The molecule has 4 nitrogen and oxygen atoms in total. The second-order valence-corrected chi connectivity index (χ2v) is 3.00. The summed E-state index contributed by atoms with van der Waals surface area (Å²) in [6.07, 6.45) is 3.49. The lowest BCUT2D eigenvalue weighted by Gasteiger charge is -2.04. The maximum atomic E-state index is 5.62. The highest BCUT2D eigenvalue weighted by Crippen LogP contribution is 2.19. The van der Waals surface area contributed by atoms with Crippen LogP contribution < -0.4 is 5.73 Å². The Morgan fingerprint density at radius 3 is 2.93 bits per heavy atom. The molecule has 2 aromatic heterocycles. The Morgan fingerprint density at radius 1 is 1.36 bits per heavy atom. The first-order valence-electron chi connectivity index (χ1n) is 4.55. The van der Waals surface area contributed by atoms with Gasteiger partial charge in [-0.15, -0.1) is 0 Å². The van der Waals surface area contributed by atoms with Crippen LogP contribution in [0.2, 0.25) is 0 Å². The van der Waals surface area contributed by atoms with E-state index in [0.717, 1.165) is 17.8 Å². The van der Waals surface area contributed by atoms with Crippen LogP contribution in [0, 0.1) is 0 Å². The van der Waals surface area contributed by atoms with Crippen molar-refractivity contribution >= 4 is 5.82 Å². The molecule has 0 radical (unpaired) electrons. The minimum absolute atomic E-state index is 0.534. The topological polar surface area (TPSA) is 56.7 Å². The van der Waals surface area contributed by atoms with Crippen molar-refractivity contribution in [1.82, 2.24) is 14.8 Å². The number of aromatic nitrogens is 3. The number of aryl methyl sites for hydroxylation is 1. The van der Waals surface area contributed by atoms with Crippen molar-refractivity contribution in [1.29, 1.82) is 0 Å². The molecule has 0 atom stereocenters. The highest BCUT2D eigenvalue weighted by molar-refractivity contribution is 5.61. The highest BCUT2D eigenvalue weighted by atomic mass is 15.3. The van der Waals surface area contributed by atoms with Crippen LogP contribution in [0.15, 0.2) is 30.6 Å². The number of nitrogen functional groups attached to an aromatic ring is 1. The molecule has 0 bridgehead atoms. The van der Waals surface area contributed by atoms with Gasteiger partial charge in [-0.1, -0.05) is 0 Å². The third kappa shape index (κ3) is 1.46. The molecule has 0 spiro atoms. The summed E-state index contributed by atoms with van der Waals surface area (Å²) in [7, 11) is 0. The van der Waals surface area contributed by atoms with Crippen LogP contribution in [0.1, 0.15) is 6.92 Å². The van der Waals surface area contributed by atoms with Gasteiger partial charge in [0.25, 0.3) is 0 Å². The standard InChI is InChI=1S/C10H12N4/c1-2-14-9(4-6-13-14)8-3-5-12-10(11)7-8/h3-7H,2H2,1H3,(H2,11,12). The summed E-state index contributed by atoms with van der Waals surface area (Å²) >= 11 is 0. The van der Waals surface area contributed by atoms with Crippen molar-refractivity contribution < 1.29 is 0 Å². The Kier molecular flexibility index (Phi) is 2.18. The van der Waals surface area contributed by atoms with E-state index >= 15 is 0 Å². The zero-order chi connectivity index (χ0) is 9.97. The smallest absolute Gasteiger partial charge is 0.123 e. The first kappa shape index (κ1) is 8.74. The number of rotatable bonds is 2. The summed E-state index contributed by atoms with van der Waals surface area (Å²) < 4.78 is 1.93. The van der Waals surface area contributed by atoms with E-state index in [4.69, 9.17) is 5.73 Å². The number of hydrogen-bond donors (Lipinski definition) is 1. The largest absolute Gasteiger partial charge is 0.384 e. The molecule has 0 saturated carbocycles. The molecule has 0 saturated heterocycles. The zero-order valence-electron chi connectivity index (χ0n) is 8.01. The molecule has 4 heteroatoms. The van der Waals surface area contributed by atoms with E-state index in [1.807, 2.05) is 22.9 Å². The van der Waals surface area contributed by atoms with Crippen molar-refractivity contribution in [2.24, 2.45) is 0 Å². The number of nitrogens with two attached hydrogens (primary N) is 1. The summed E-state index contributed by atoms with van der Waals surface area (Å²) in [5.41, 5.74) is 7.74. The van der Waals surface area contributed by atoms with Crippen LogP contribution in [-0.2, 0) is 6.54 Å². The van der Waals surface area contributed by atoms with Crippen LogP contribution >= 0.6 is 0 Å². The van der Waals surface area contributed by atoms with Gasteiger partial charge in [-0.25, -0.2) is 4.98 Å². The SMILES string of the molecule is CCn1nccc1-c1ccnc(N)c1. The van der Waals surface area contributed by atoms with E-state index in [1.54, 1.807) is 12.4 Å². The average molecular weight is 188 g/mol. The van der Waals surface area contributed by atoms with Crippen LogP contribution in [0.3, 0.4) is 0 Å². The maximum absolute atomic E-state index is 5.62. The van der Waals surface area contributed by atoms with Crippen LogP contribution in [0.5, 0.6) is 0 Å². The molecule has 0 aliphatic heterocycles. The fraction of sp³-hybridized carbons (Fsp3) is 0.200. The van der Waals surface area contributed by atoms with E-state index in [2.05, 4.69) is 17.0 Å². The number of anilines is 1. The van der Waals surface area contributed by atoms with Crippen LogP contribution in [0.4, 0.5) is 5.82 Å². The van der Waals surface area contributed by atoms with Crippen molar-refractivity contribution in [2.45, 2.75) is 13.5 Å². The van der Waals surface area contributed by atoms with Gasteiger partial charge in [-0.2, -0.15) is 5.10 Å². The molecule has 0 amide bonds. The Balaban J connectivity index is 2.49. The Hall–Kier alpha value is -1.84. The van der Waals surface area contributed by atoms with E-state index < -0.39 is 0 Å². The molecule has 2 heterocycles. The predicted molar refractivity (Wildman–Crippen MR) is 55.5 cm³/mol. The van der Waals surface area contributed by atoms with E-state index in [1.165, 1.54) is 0 Å². The monoisotopic (exact) mass is 188 g/mol. The van der Waals surface area contributed by atoms with Crippen molar-refractivity contribution in [2.75, 3.05) is 5.73 Å². The van der Waals surface area contributed by atoms with Crippen molar-refractivity contribution in [3.8, 4) is 11.3 Å². The van der Waals surface area contributed by atoms with Gasteiger partial charge in [0.2, 0.25) is 0 Å². The minimum Gasteiger partial charge on any atom is -0.384 e. The van der Waals surface area contributed by atoms with Gasteiger partial charge in [0.15, 0.2) is 0 Å². The summed E-state index contributed by atoms with van der Waals surface area (Å²) in [6, 6.07) is 5.75. The molecule has 0 aliphatic rings. The molecule has 0 unspecified atom stereocenters. The quantitative estimate of drug-likeness (QED) is 0.777. The lowest BCUT2D eigenvalue weighted by Crippen LogP contribution is -1.99. The van der Waals surface area contributed by atoms with Crippen LogP contribution in [0.25, 0.3) is 11.3 Å². The Bertz CT molecular complexity index is 433. The fourth-order valence-corrected chi connectivity index (χ4v) is 1.44. The van der Waals surface area contributed by atoms with Crippen molar-refractivity contribution in [3.05, 3.63) is 30.6 Å². The Labute approximate surface area is 82.4 Å². The maximum Gasteiger partial charge on any atom is 0.123 e. The van der Waals surface area contributed by atoms with Gasteiger partial charge >= 0.3 is 0 Å². The van der Waals surface area contributed by atoms with E-state index in [0.29, 0.717) is 5.82 Å². The number of nitrogens with zero attached hydrogens (tertiary/aromatic N) is 3. The fourth-order valence-electron chi connectivity index (χ4n) is 1.44. The van der Waals surface area contributed by atoms with Gasteiger partial charge in [0, 0.05) is 24.5 Å². The van der Waals surface area contributed by atoms with Gasteiger partial charge in [-0.05, 0) is 25.1 Å². The molecule has 0 aromatic carbocycles. The lowest BCUT2D eigenvalue weighted by molar-refractivity contribution is 0.667. The predicted octanol–water partition coefficient (Wildman–Crippen LogP) is 1.55.